The third-order valence-electron chi connectivity index (χ3n) is 4.08. The maximum absolute atomic E-state index is 9.20. The maximum Gasteiger partial charge on any atom is 0.224 e. The predicted molar refractivity (Wildman–Crippen MR) is 101 cm³/mol. The summed E-state index contributed by atoms with van der Waals surface area (Å²) in [5.41, 5.74) is 6.20. The highest BCUT2D eigenvalue weighted by Gasteiger charge is 2.08. The molecular weight excluding hydrogens is 326 g/mol. The van der Waals surface area contributed by atoms with Crippen LogP contribution in [0.3, 0.4) is 0 Å². The quantitative estimate of drug-likeness (QED) is 0.447. The lowest BCUT2D eigenvalue weighted by Crippen LogP contribution is -1.98. The van der Waals surface area contributed by atoms with E-state index in [2.05, 4.69) is 21.6 Å². The number of aryl methyl sites for hydroxylation is 1. The summed E-state index contributed by atoms with van der Waals surface area (Å²) in [4.78, 5) is 4.49. The third kappa shape index (κ3) is 2.82. The van der Waals surface area contributed by atoms with Gasteiger partial charge in [0.2, 0.25) is 5.95 Å². The van der Waals surface area contributed by atoms with Gasteiger partial charge in [-0.3, -0.25) is 0 Å². The Morgan fingerprint density at radius 1 is 1.12 bits per heavy atom. The SMILES string of the molecule is Cn1c(N/N=C\c2ccc(-c3ccccc3C#N)o2)nc2ccccc21. The normalized spacial score (nSPS) is 11.1. The minimum absolute atomic E-state index is 0.572. The largest absolute Gasteiger partial charge is 0.455 e. The molecule has 6 nitrogen and oxygen atoms in total. The van der Waals surface area contributed by atoms with Crippen molar-refractivity contribution in [3.8, 4) is 17.4 Å². The van der Waals surface area contributed by atoms with E-state index < -0.39 is 0 Å². The highest BCUT2D eigenvalue weighted by atomic mass is 16.3. The van der Waals surface area contributed by atoms with Crippen molar-refractivity contribution in [3.05, 3.63) is 72.0 Å². The number of fused-ring (bicyclic) bond motifs is 1. The number of rotatable bonds is 4. The molecule has 26 heavy (non-hydrogen) atoms. The van der Waals surface area contributed by atoms with E-state index in [0.717, 1.165) is 16.6 Å². The minimum Gasteiger partial charge on any atom is -0.455 e. The molecule has 2 aromatic carbocycles. The van der Waals surface area contributed by atoms with Gasteiger partial charge in [-0.05, 0) is 36.4 Å². The highest BCUT2D eigenvalue weighted by molar-refractivity contribution is 5.80. The van der Waals surface area contributed by atoms with Gasteiger partial charge in [-0.25, -0.2) is 10.4 Å². The van der Waals surface area contributed by atoms with Crippen LogP contribution in [-0.4, -0.2) is 15.8 Å². The van der Waals surface area contributed by atoms with Gasteiger partial charge in [-0.2, -0.15) is 10.4 Å². The first-order valence-corrected chi connectivity index (χ1v) is 8.06. The second-order valence-electron chi connectivity index (χ2n) is 5.71. The van der Waals surface area contributed by atoms with Crippen LogP contribution >= 0.6 is 0 Å². The van der Waals surface area contributed by atoms with Crippen molar-refractivity contribution in [2.24, 2.45) is 12.1 Å². The zero-order valence-corrected chi connectivity index (χ0v) is 14.0. The summed E-state index contributed by atoms with van der Waals surface area (Å²) >= 11 is 0. The summed E-state index contributed by atoms with van der Waals surface area (Å²) in [6, 6.07) is 21.0. The molecule has 0 aliphatic heterocycles. The van der Waals surface area contributed by atoms with E-state index in [9.17, 15) is 5.26 Å². The number of nitrogens with one attached hydrogen (secondary N) is 1. The number of hydrogen-bond acceptors (Lipinski definition) is 5. The van der Waals surface area contributed by atoms with Gasteiger partial charge in [0.15, 0.2) is 0 Å². The number of furan rings is 1. The summed E-state index contributed by atoms with van der Waals surface area (Å²) in [5, 5.41) is 13.4. The average molecular weight is 341 g/mol. The summed E-state index contributed by atoms with van der Waals surface area (Å²) < 4.78 is 7.71. The topological polar surface area (TPSA) is 79.1 Å². The van der Waals surface area contributed by atoms with Crippen molar-refractivity contribution in [3.63, 3.8) is 0 Å². The molecule has 0 aliphatic rings. The van der Waals surface area contributed by atoms with Crippen molar-refractivity contribution in [1.29, 1.82) is 5.26 Å². The molecule has 0 saturated carbocycles. The molecule has 0 unspecified atom stereocenters. The molecule has 0 spiro atoms. The number of aromatic nitrogens is 2. The summed E-state index contributed by atoms with van der Waals surface area (Å²) in [7, 11) is 1.93. The van der Waals surface area contributed by atoms with Crippen molar-refractivity contribution in [2.75, 3.05) is 5.43 Å². The molecule has 0 bridgehead atoms. The molecule has 0 saturated heterocycles. The molecule has 4 aromatic rings. The molecule has 4 rings (SSSR count). The van der Waals surface area contributed by atoms with Crippen LogP contribution in [0.15, 0.2) is 70.2 Å². The van der Waals surface area contributed by atoms with Crippen LogP contribution in [0.4, 0.5) is 5.95 Å². The number of anilines is 1. The van der Waals surface area contributed by atoms with E-state index in [0.29, 0.717) is 23.0 Å². The number of benzene rings is 2. The van der Waals surface area contributed by atoms with Crippen LogP contribution in [0, 0.1) is 11.3 Å². The average Bonchev–Trinajstić information content (AvgIpc) is 3.27. The molecule has 126 valence electrons. The number of para-hydroxylation sites is 2. The van der Waals surface area contributed by atoms with Crippen LogP contribution in [0.5, 0.6) is 0 Å². The first kappa shape index (κ1) is 15.7. The van der Waals surface area contributed by atoms with Crippen molar-refractivity contribution >= 4 is 23.2 Å². The number of hydrogen-bond donors (Lipinski definition) is 1. The number of imidazole rings is 1. The monoisotopic (exact) mass is 341 g/mol. The van der Waals surface area contributed by atoms with Crippen molar-refractivity contribution in [2.45, 2.75) is 0 Å². The fourth-order valence-electron chi connectivity index (χ4n) is 2.76. The molecule has 1 N–H and O–H groups in total. The second-order valence-corrected chi connectivity index (χ2v) is 5.71. The molecule has 0 atom stereocenters. The zero-order valence-electron chi connectivity index (χ0n) is 14.0. The zero-order chi connectivity index (χ0) is 17.9. The molecular formula is C20H15N5O. The van der Waals surface area contributed by atoms with Crippen LogP contribution in [0.25, 0.3) is 22.4 Å². The predicted octanol–water partition coefficient (Wildman–Crippen LogP) is 4.15. The van der Waals surface area contributed by atoms with Gasteiger partial charge >= 0.3 is 0 Å². The smallest absolute Gasteiger partial charge is 0.224 e. The van der Waals surface area contributed by atoms with Crippen molar-refractivity contribution < 1.29 is 4.42 Å². The van der Waals surface area contributed by atoms with Crippen LogP contribution in [-0.2, 0) is 7.05 Å². The van der Waals surface area contributed by atoms with E-state index in [1.165, 1.54) is 0 Å². The molecule has 6 heteroatoms. The van der Waals surface area contributed by atoms with Crippen LogP contribution in [0.1, 0.15) is 11.3 Å². The fraction of sp³-hybridized carbons (Fsp3) is 0.0500. The summed E-state index contributed by atoms with van der Waals surface area (Å²) in [5.74, 6) is 1.86. The Balaban J connectivity index is 1.54. The minimum atomic E-state index is 0.572. The van der Waals surface area contributed by atoms with Gasteiger partial charge in [-0.1, -0.05) is 24.3 Å². The van der Waals surface area contributed by atoms with E-state index in [1.807, 2.05) is 66.2 Å². The van der Waals surface area contributed by atoms with Crippen LogP contribution in [0.2, 0.25) is 0 Å². The first-order valence-electron chi connectivity index (χ1n) is 8.06. The Hall–Kier alpha value is -3.85. The summed E-state index contributed by atoms with van der Waals surface area (Å²) in [6.07, 6.45) is 1.58. The number of nitriles is 1. The molecule has 2 aromatic heterocycles. The lowest BCUT2D eigenvalue weighted by molar-refractivity contribution is 0.575. The van der Waals surface area contributed by atoms with Gasteiger partial charge in [0.05, 0.1) is 28.9 Å². The lowest BCUT2D eigenvalue weighted by Gasteiger charge is -2.00. The Labute approximate surface area is 150 Å². The molecule has 0 fully saturated rings. The van der Waals surface area contributed by atoms with E-state index in [1.54, 1.807) is 12.3 Å². The van der Waals surface area contributed by atoms with E-state index in [-0.39, 0.29) is 0 Å². The number of hydrazone groups is 1. The molecule has 0 amide bonds. The second kappa shape index (κ2) is 6.57. The van der Waals surface area contributed by atoms with Gasteiger partial charge < -0.3 is 8.98 Å². The van der Waals surface area contributed by atoms with Gasteiger partial charge in [0.1, 0.15) is 11.5 Å². The van der Waals surface area contributed by atoms with Crippen molar-refractivity contribution in [1.82, 2.24) is 9.55 Å². The standard InChI is InChI=1S/C20H15N5O/c1-25-18-9-5-4-8-17(18)23-20(25)24-22-13-15-10-11-19(26-15)16-7-3-2-6-14(16)12-21/h2-11,13H,1H3,(H,23,24)/b22-13-. The number of nitrogens with zero attached hydrogens (tertiary/aromatic N) is 4. The summed E-state index contributed by atoms with van der Waals surface area (Å²) in [6.45, 7) is 0. The fourth-order valence-corrected chi connectivity index (χ4v) is 2.76. The Morgan fingerprint density at radius 2 is 1.92 bits per heavy atom. The van der Waals surface area contributed by atoms with Gasteiger partial charge in [0.25, 0.3) is 0 Å². The Bertz CT molecular complexity index is 1150. The van der Waals surface area contributed by atoms with Crippen LogP contribution < -0.4 is 5.43 Å². The Kier molecular flexibility index (Phi) is 3.96. The Morgan fingerprint density at radius 3 is 2.77 bits per heavy atom. The highest BCUT2D eigenvalue weighted by Crippen LogP contribution is 2.25. The van der Waals surface area contributed by atoms with E-state index >= 15 is 0 Å². The first-order chi connectivity index (χ1) is 12.8. The molecule has 0 radical (unpaired) electrons. The lowest BCUT2D eigenvalue weighted by atomic mass is 10.1. The molecule has 0 aliphatic carbocycles. The van der Waals surface area contributed by atoms with Gasteiger partial charge in [0, 0.05) is 12.6 Å². The third-order valence-corrected chi connectivity index (χ3v) is 4.08. The maximum atomic E-state index is 9.20. The van der Waals surface area contributed by atoms with Gasteiger partial charge in [-0.15, -0.1) is 0 Å². The van der Waals surface area contributed by atoms with E-state index in [4.69, 9.17) is 4.42 Å². The molecule has 2 heterocycles.